The molecule has 0 bridgehead atoms. The molecule has 1 unspecified atom stereocenters. The van der Waals surface area contributed by atoms with Gasteiger partial charge in [-0.2, -0.15) is 0 Å². The maximum atomic E-state index is 9.87. The molecule has 5 nitrogen and oxygen atoms in total. The van der Waals surface area contributed by atoms with E-state index in [2.05, 4.69) is 0 Å². The smallest absolute Gasteiger partial charge is 0.550 e. The quantitative estimate of drug-likeness (QED) is 0.357. The van der Waals surface area contributed by atoms with Gasteiger partial charge >= 0.3 is 59.1 Å². The zero-order valence-electron chi connectivity index (χ0n) is 7.99. The van der Waals surface area contributed by atoms with Crippen molar-refractivity contribution in [2.75, 3.05) is 0 Å². The van der Waals surface area contributed by atoms with Crippen LogP contribution in [0.5, 0.6) is 0 Å². The van der Waals surface area contributed by atoms with Crippen LogP contribution >= 0.6 is 0 Å². The zero-order chi connectivity index (χ0) is 9.07. The molecule has 0 rings (SSSR count). The first-order valence-corrected chi connectivity index (χ1v) is 2.50. The fourth-order valence-electron chi connectivity index (χ4n) is 0.323. The van der Waals surface area contributed by atoms with Crippen molar-refractivity contribution in [2.24, 2.45) is 0 Å². The third-order valence-corrected chi connectivity index (χ3v) is 0.802. The molecule has 0 aliphatic carbocycles. The van der Waals surface area contributed by atoms with Crippen molar-refractivity contribution < 1.29 is 85.4 Å². The molecule has 0 aromatic carbocycles. The fraction of sp³-hybridized carbons (Fsp3) is 0.600. The van der Waals surface area contributed by atoms with E-state index in [1.807, 2.05) is 0 Å². The monoisotopic (exact) mass is 198 g/mol. The third-order valence-electron chi connectivity index (χ3n) is 0.802. The predicted octanol–water partition coefficient (Wildman–Crippen LogP) is -9.36. The maximum absolute atomic E-state index is 9.87. The van der Waals surface area contributed by atoms with Gasteiger partial charge in [-0.3, -0.25) is 0 Å². The third kappa shape index (κ3) is 10.9. The van der Waals surface area contributed by atoms with Crippen LogP contribution in [0.3, 0.4) is 0 Å². The summed E-state index contributed by atoms with van der Waals surface area (Å²) in [6.07, 6.45) is -4.26. The van der Waals surface area contributed by atoms with Gasteiger partial charge in [-0.05, 0) is 12.8 Å². The number of carbonyl (C=O) groups is 2. The molecule has 58 valence electrons. The topological polar surface area (TPSA) is 100 Å². The summed E-state index contributed by atoms with van der Waals surface area (Å²) in [4.78, 5) is 19.6. The Morgan fingerprint density at radius 2 is 1.83 bits per heavy atom. The van der Waals surface area contributed by atoms with Gasteiger partial charge in [0.1, 0.15) is 0 Å². The van der Waals surface area contributed by atoms with E-state index < -0.39 is 30.9 Å². The van der Waals surface area contributed by atoms with Crippen LogP contribution < -0.4 is 69.3 Å². The first-order valence-electron chi connectivity index (χ1n) is 3.00. The van der Waals surface area contributed by atoms with Gasteiger partial charge < -0.3 is 24.9 Å². The molecular weight excluding hydrogens is 191 g/mol. The van der Waals surface area contributed by atoms with Gasteiger partial charge in [-0.15, -0.1) is 0 Å². The van der Waals surface area contributed by atoms with E-state index in [-0.39, 0.29) is 59.1 Å². The maximum Gasteiger partial charge on any atom is 1.00 e. The number of aliphatic carboxylic acids is 2. The Morgan fingerprint density at radius 1 is 1.42 bits per heavy atom. The Bertz CT molecular complexity index is 184. The van der Waals surface area contributed by atoms with Crippen LogP contribution in [0.4, 0.5) is 0 Å². The first kappa shape index (κ1) is 15.4. The summed E-state index contributed by atoms with van der Waals surface area (Å²) in [6.45, 7) is 0. The summed E-state index contributed by atoms with van der Waals surface area (Å²) in [5.74, 6) is -3.53. The van der Waals surface area contributed by atoms with Crippen LogP contribution in [0, 0.1) is 0 Å². The Hall–Kier alpha value is 0.900. The minimum absolute atomic E-state index is 0. The molecule has 0 saturated carbocycles. The van der Waals surface area contributed by atoms with Crippen molar-refractivity contribution in [3.8, 4) is 0 Å². The normalized spacial score (nSPS) is 14.2. The summed E-state index contributed by atoms with van der Waals surface area (Å²) in [5.41, 5.74) is 0. The minimum Gasteiger partial charge on any atom is -0.550 e. The summed E-state index contributed by atoms with van der Waals surface area (Å²) in [6, 6.07) is 0. The second-order valence-corrected chi connectivity index (χ2v) is 1.61. The number of carboxylic acids is 2. The number of rotatable bonds is 4. The van der Waals surface area contributed by atoms with Gasteiger partial charge in [0.05, 0.1) is 13.4 Å². The average molecular weight is 198 g/mol. The zero-order valence-corrected chi connectivity index (χ0v) is 11.0. The summed E-state index contributed by atoms with van der Waals surface area (Å²) >= 11 is 0. The van der Waals surface area contributed by atoms with Crippen LogP contribution in [0.25, 0.3) is 0 Å². The van der Waals surface area contributed by atoms with Crippen molar-refractivity contribution in [1.82, 2.24) is 0 Å². The van der Waals surface area contributed by atoms with Crippen LogP contribution in [0.2, 0.25) is 0 Å². The van der Waals surface area contributed by atoms with E-state index in [4.69, 9.17) is 6.48 Å². The second-order valence-electron chi connectivity index (χ2n) is 1.61. The second kappa shape index (κ2) is 9.98. The molecule has 0 amide bonds. The summed E-state index contributed by atoms with van der Waals surface area (Å²) in [5, 5.41) is 28.2. The van der Waals surface area contributed by atoms with Crippen LogP contribution in [-0.2, 0) is 9.59 Å². The van der Waals surface area contributed by atoms with E-state index in [1.165, 1.54) is 0 Å². The van der Waals surface area contributed by atoms with Crippen LogP contribution in [-0.4, -0.2) is 23.1 Å². The fourth-order valence-corrected chi connectivity index (χ4v) is 0.323. The Balaban J connectivity index is -0.000000500. The molecule has 0 saturated heterocycles. The van der Waals surface area contributed by atoms with Gasteiger partial charge in [0.25, 0.3) is 0 Å². The van der Waals surface area contributed by atoms with E-state index in [9.17, 15) is 19.8 Å². The molecule has 0 aromatic heterocycles. The van der Waals surface area contributed by atoms with Crippen LogP contribution in [0.15, 0.2) is 0 Å². The molecular formula is C5H6Na2O5. The van der Waals surface area contributed by atoms with Gasteiger partial charge in [0.2, 0.25) is 0 Å². The number of carbonyl (C=O) groups excluding carboxylic acids is 2. The van der Waals surface area contributed by atoms with E-state index in [0.717, 1.165) is 0 Å². The Morgan fingerprint density at radius 3 is 2.08 bits per heavy atom. The van der Waals surface area contributed by atoms with Crippen molar-refractivity contribution >= 4 is 11.9 Å². The SMILES string of the molecule is [2H][13C](O)([13CH2][13CH2][13C](=O)[O-])[13C](=O)[O-].[Na+].[Na+]. The number of aliphatic hydroxyl groups is 1. The minimum atomic E-state index is -2.83. The van der Waals surface area contributed by atoms with Gasteiger partial charge in [-0.25, -0.2) is 0 Å². The Labute approximate surface area is 115 Å². The standard InChI is InChI=1S/C5H8O5.2Na/c6-3(5(9)10)1-2-4(7)8;;/h3,6H,1-2H2,(H,7,8)(H,9,10);;/q;2*+1/p-2/i1+1,2+1,3+1D,4+1,5+1;;. The Kier molecular flexibility index (Phi) is 12.8. The van der Waals surface area contributed by atoms with E-state index >= 15 is 0 Å². The number of hydrogen-bond donors (Lipinski definition) is 1. The molecule has 7 heteroatoms. The molecule has 1 N–H and O–H groups in total. The molecule has 0 aliphatic rings. The molecule has 0 aromatic rings. The van der Waals surface area contributed by atoms with Crippen molar-refractivity contribution in [1.29, 1.82) is 0 Å². The predicted molar refractivity (Wildman–Crippen MR) is 25.3 cm³/mol. The van der Waals surface area contributed by atoms with Crippen LogP contribution in [0.1, 0.15) is 14.2 Å². The van der Waals surface area contributed by atoms with Crippen molar-refractivity contribution in [2.45, 2.75) is 18.9 Å². The average Bonchev–Trinajstić information content (AvgIpc) is 1.84. The van der Waals surface area contributed by atoms with Gasteiger partial charge in [0, 0.05) is 5.97 Å². The van der Waals surface area contributed by atoms with Crippen molar-refractivity contribution in [3.05, 3.63) is 0 Å². The number of carboxylic acid groups (broad SMARTS) is 2. The molecule has 12 heavy (non-hydrogen) atoms. The van der Waals surface area contributed by atoms with Gasteiger partial charge in [-0.1, -0.05) is 0 Å². The molecule has 0 aliphatic heterocycles. The molecule has 0 heterocycles. The molecule has 1 atom stereocenters. The summed E-state index contributed by atoms with van der Waals surface area (Å²) < 4.78 is 6.58. The van der Waals surface area contributed by atoms with Gasteiger partial charge in [0.15, 0.2) is 0 Å². The molecule has 0 fully saturated rings. The molecule has 0 spiro atoms. The summed E-state index contributed by atoms with van der Waals surface area (Å²) in [7, 11) is 0. The van der Waals surface area contributed by atoms with E-state index in [1.54, 1.807) is 0 Å². The number of hydrogen-bond acceptors (Lipinski definition) is 5. The van der Waals surface area contributed by atoms with Crippen molar-refractivity contribution in [3.63, 3.8) is 0 Å². The largest absolute Gasteiger partial charge is 1.00 e. The molecule has 0 radical (unpaired) electrons. The van der Waals surface area contributed by atoms with E-state index in [0.29, 0.717) is 0 Å². The first-order chi connectivity index (χ1) is 4.86.